The van der Waals surface area contributed by atoms with E-state index in [0.717, 1.165) is 0 Å². The first-order valence-electron chi connectivity index (χ1n) is 6.00. The topological polar surface area (TPSA) is 62.4 Å². The Bertz CT molecular complexity index is 283. The first-order valence-corrected chi connectivity index (χ1v) is 6.00. The lowest BCUT2D eigenvalue weighted by Crippen LogP contribution is -2.38. The minimum absolute atomic E-state index is 0.189. The summed E-state index contributed by atoms with van der Waals surface area (Å²) in [6.45, 7) is 1.56. The van der Waals surface area contributed by atoms with Crippen LogP contribution in [-0.2, 0) is 6.54 Å². The van der Waals surface area contributed by atoms with Crippen LogP contribution in [0.15, 0.2) is 10.9 Å². The Kier molecular flexibility index (Phi) is 4.30. The zero-order chi connectivity index (χ0) is 11.2. The maximum atomic E-state index is 9.09. The molecule has 1 aliphatic rings. The van der Waals surface area contributed by atoms with Crippen molar-refractivity contribution in [3.05, 3.63) is 12.2 Å². The van der Waals surface area contributed by atoms with Crippen LogP contribution in [-0.4, -0.2) is 39.3 Å². The zero-order valence-electron chi connectivity index (χ0n) is 9.51. The molecule has 1 aromatic heterocycles. The van der Waals surface area contributed by atoms with E-state index in [0.29, 0.717) is 25.0 Å². The number of hydrogen-bond donors (Lipinski definition) is 1. The average molecular weight is 225 g/mol. The van der Waals surface area contributed by atoms with Crippen LogP contribution in [0.3, 0.4) is 0 Å². The van der Waals surface area contributed by atoms with Gasteiger partial charge in [-0.25, -0.2) is 0 Å². The summed E-state index contributed by atoms with van der Waals surface area (Å²) in [5.74, 6) is 0.707. The number of aliphatic hydroxyl groups excluding tert-OH is 1. The lowest BCUT2D eigenvalue weighted by atomic mass is 9.94. The van der Waals surface area contributed by atoms with Crippen LogP contribution in [0, 0.1) is 0 Å². The lowest BCUT2D eigenvalue weighted by molar-refractivity contribution is 0.113. The van der Waals surface area contributed by atoms with Crippen molar-refractivity contribution in [1.29, 1.82) is 0 Å². The molecule has 90 valence electrons. The summed E-state index contributed by atoms with van der Waals surface area (Å²) in [6, 6.07) is 0.569. The Balaban J connectivity index is 1.92. The Morgan fingerprint density at radius 3 is 2.81 bits per heavy atom. The van der Waals surface area contributed by atoms with Crippen molar-refractivity contribution >= 4 is 0 Å². The van der Waals surface area contributed by atoms with Gasteiger partial charge in [0.1, 0.15) is 0 Å². The highest BCUT2D eigenvalue weighted by molar-refractivity contribution is 4.83. The highest BCUT2D eigenvalue weighted by Crippen LogP contribution is 2.23. The van der Waals surface area contributed by atoms with Crippen molar-refractivity contribution in [2.24, 2.45) is 0 Å². The zero-order valence-corrected chi connectivity index (χ0v) is 9.51. The van der Waals surface area contributed by atoms with Crippen LogP contribution in [0.4, 0.5) is 0 Å². The fraction of sp³-hybridized carbons (Fsp3) is 0.818. The molecule has 0 saturated heterocycles. The fourth-order valence-electron chi connectivity index (χ4n) is 2.41. The summed E-state index contributed by atoms with van der Waals surface area (Å²) < 4.78 is 4.73. The van der Waals surface area contributed by atoms with Gasteiger partial charge in [0.05, 0.1) is 13.2 Å². The minimum Gasteiger partial charge on any atom is -0.395 e. The van der Waals surface area contributed by atoms with Gasteiger partial charge in [-0.15, -0.1) is 0 Å². The molecule has 0 aliphatic heterocycles. The fourth-order valence-corrected chi connectivity index (χ4v) is 2.41. The van der Waals surface area contributed by atoms with Gasteiger partial charge in [0.2, 0.25) is 6.39 Å². The number of aromatic nitrogens is 2. The Morgan fingerprint density at radius 2 is 2.19 bits per heavy atom. The van der Waals surface area contributed by atoms with Crippen LogP contribution in [0.5, 0.6) is 0 Å². The van der Waals surface area contributed by atoms with Crippen LogP contribution < -0.4 is 0 Å². The molecule has 0 bridgehead atoms. The molecule has 2 rings (SSSR count). The third kappa shape index (κ3) is 3.02. The molecule has 0 radical (unpaired) electrons. The van der Waals surface area contributed by atoms with Crippen molar-refractivity contribution < 1.29 is 9.63 Å². The Morgan fingerprint density at radius 1 is 1.38 bits per heavy atom. The minimum atomic E-state index is 0.189. The van der Waals surface area contributed by atoms with E-state index in [1.54, 1.807) is 0 Å². The molecule has 1 aliphatic carbocycles. The molecule has 1 saturated carbocycles. The Labute approximate surface area is 95.4 Å². The van der Waals surface area contributed by atoms with Crippen LogP contribution in [0.25, 0.3) is 0 Å². The van der Waals surface area contributed by atoms with Gasteiger partial charge >= 0.3 is 0 Å². The van der Waals surface area contributed by atoms with Gasteiger partial charge in [0.25, 0.3) is 0 Å². The van der Waals surface area contributed by atoms with Crippen molar-refractivity contribution in [3.63, 3.8) is 0 Å². The number of hydrogen-bond acceptors (Lipinski definition) is 5. The molecule has 0 aromatic carbocycles. The molecule has 16 heavy (non-hydrogen) atoms. The third-order valence-corrected chi connectivity index (χ3v) is 3.23. The molecule has 0 unspecified atom stereocenters. The lowest BCUT2D eigenvalue weighted by Gasteiger charge is -2.32. The highest BCUT2D eigenvalue weighted by atomic mass is 16.5. The summed E-state index contributed by atoms with van der Waals surface area (Å²) in [7, 11) is 0. The van der Waals surface area contributed by atoms with Crippen LogP contribution in [0.2, 0.25) is 0 Å². The summed E-state index contributed by atoms with van der Waals surface area (Å²) in [5, 5.41) is 12.9. The second kappa shape index (κ2) is 5.96. The highest BCUT2D eigenvalue weighted by Gasteiger charge is 2.21. The van der Waals surface area contributed by atoms with Crippen LogP contribution in [0.1, 0.15) is 37.9 Å². The van der Waals surface area contributed by atoms with Crippen molar-refractivity contribution in [1.82, 2.24) is 15.0 Å². The number of aliphatic hydroxyl groups is 1. The largest absolute Gasteiger partial charge is 0.395 e. The molecule has 0 spiro atoms. The van der Waals surface area contributed by atoms with Crippen molar-refractivity contribution in [3.8, 4) is 0 Å². The molecular weight excluding hydrogens is 206 g/mol. The van der Waals surface area contributed by atoms with E-state index in [9.17, 15) is 0 Å². The average Bonchev–Trinajstić information content (AvgIpc) is 2.83. The van der Waals surface area contributed by atoms with Crippen molar-refractivity contribution in [2.75, 3.05) is 13.2 Å². The van der Waals surface area contributed by atoms with E-state index in [-0.39, 0.29) is 6.61 Å². The maximum Gasteiger partial charge on any atom is 0.213 e. The van der Waals surface area contributed by atoms with Gasteiger partial charge < -0.3 is 9.63 Å². The smallest absolute Gasteiger partial charge is 0.213 e. The summed E-state index contributed by atoms with van der Waals surface area (Å²) in [4.78, 5) is 6.30. The van der Waals surface area contributed by atoms with Gasteiger partial charge in [-0.05, 0) is 12.8 Å². The van der Waals surface area contributed by atoms with Gasteiger partial charge in [0.15, 0.2) is 5.82 Å². The summed E-state index contributed by atoms with van der Waals surface area (Å²) in [6.07, 6.45) is 7.71. The second-order valence-corrected chi connectivity index (χ2v) is 4.33. The van der Waals surface area contributed by atoms with Gasteiger partial charge in [-0.1, -0.05) is 24.4 Å². The van der Waals surface area contributed by atoms with Gasteiger partial charge in [-0.3, -0.25) is 4.90 Å². The molecule has 1 heterocycles. The molecule has 5 heteroatoms. The van der Waals surface area contributed by atoms with Gasteiger partial charge in [0, 0.05) is 12.6 Å². The molecule has 1 fully saturated rings. The second-order valence-electron chi connectivity index (χ2n) is 4.33. The molecular formula is C11H19N3O2. The van der Waals surface area contributed by atoms with E-state index in [1.807, 2.05) is 0 Å². The third-order valence-electron chi connectivity index (χ3n) is 3.23. The molecule has 1 N–H and O–H groups in total. The van der Waals surface area contributed by atoms with E-state index in [2.05, 4.69) is 15.0 Å². The van der Waals surface area contributed by atoms with E-state index in [1.165, 1.54) is 38.5 Å². The molecule has 0 amide bonds. The normalized spacial score (nSPS) is 18.1. The maximum absolute atomic E-state index is 9.09. The Hall–Kier alpha value is -0.940. The first-order chi connectivity index (χ1) is 7.90. The summed E-state index contributed by atoms with van der Waals surface area (Å²) in [5.41, 5.74) is 0. The van der Waals surface area contributed by atoms with E-state index in [4.69, 9.17) is 9.63 Å². The number of rotatable bonds is 5. The standard InChI is InChI=1S/C11H19N3O2/c15-7-6-14(8-11-12-9-16-13-11)10-4-2-1-3-5-10/h9-10,15H,1-8H2. The van der Waals surface area contributed by atoms with E-state index < -0.39 is 0 Å². The molecule has 0 atom stereocenters. The SMILES string of the molecule is OCCN(Cc1ncon1)C1CCCCC1. The predicted octanol–water partition coefficient (Wildman–Crippen LogP) is 1.20. The quantitative estimate of drug-likeness (QED) is 0.815. The van der Waals surface area contributed by atoms with E-state index >= 15 is 0 Å². The summed E-state index contributed by atoms with van der Waals surface area (Å²) >= 11 is 0. The number of nitrogens with zero attached hydrogens (tertiary/aromatic N) is 3. The van der Waals surface area contributed by atoms with Crippen LogP contribution >= 0.6 is 0 Å². The first kappa shape index (κ1) is 11.5. The molecule has 1 aromatic rings. The molecule has 5 nitrogen and oxygen atoms in total. The van der Waals surface area contributed by atoms with Gasteiger partial charge in [-0.2, -0.15) is 4.98 Å². The predicted molar refractivity (Wildman–Crippen MR) is 58.7 cm³/mol. The van der Waals surface area contributed by atoms with Crippen molar-refractivity contribution in [2.45, 2.75) is 44.7 Å². The monoisotopic (exact) mass is 225 g/mol.